The third kappa shape index (κ3) is 3.78. The summed E-state index contributed by atoms with van der Waals surface area (Å²) in [6.45, 7) is 6.34. The number of rotatable bonds is 4. The standard InChI is InChI=1S/C23H24N4O2/c1-15-6-4-5-7-21(15)26-14-18(13-22(26)28)23(29)24-19-8-10-20(11-9-19)27-17(3)12-16(2)25-27/h4-12,18H,13-14H2,1-3H3,(H,24,29)/t18-/m1/s1. The van der Waals surface area contributed by atoms with Crippen molar-refractivity contribution in [1.82, 2.24) is 9.78 Å². The zero-order valence-corrected chi connectivity index (χ0v) is 16.8. The molecule has 1 aliphatic heterocycles. The first-order chi connectivity index (χ1) is 13.9. The molecule has 6 nitrogen and oxygen atoms in total. The summed E-state index contributed by atoms with van der Waals surface area (Å²) >= 11 is 0. The highest BCUT2D eigenvalue weighted by molar-refractivity contribution is 6.03. The summed E-state index contributed by atoms with van der Waals surface area (Å²) < 4.78 is 1.87. The molecule has 2 amide bonds. The van der Waals surface area contributed by atoms with Gasteiger partial charge in [0.1, 0.15) is 0 Å². The fraction of sp³-hybridized carbons (Fsp3) is 0.261. The molecule has 2 aromatic carbocycles. The van der Waals surface area contributed by atoms with E-state index in [2.05, 4.69) is 10.4 Å². The van der Waals surface area contributed by atoms with Gasteiger partial charge in [0.05, 0.1) is 17.3 Å². The Labute approximate surface area is 170 Å². The van der Waals surface area contributed by atoms with Gasteiger partial charge in [-0.25, -0.2) is 4.68 Å². The Morgan fingerprint density at radius 1 is 1.07 bits per heavy atom. The van der Waals surface area contributed by atoms with E-state index in [0.29, 0.717) is 12.2 Å². The van der Waals surface area contributed by atoms with Crippen LogP contribution in [0.25, 0.3) is 5.69 Å². The monoisotopic (exact) mass is 388 g/mol. The molecule has 1 aromatic heterocycles. The number of benzene rings is 2. The third-order valence-electron chi connectivity index (χ3n) is 5.29. The van der Waals surface area contributed by atoms with Gasteiger partial charge in [0, 0.05) is 30.0 Å². The van der Waals surface area contributed by atoms with Crippen LogP contribution in [0.5, 0.6) is 0 Å². The summed E-state index contributed by atoms with van der Waals surface area (Å²) in [5.41, 5.74) is 5.57. The lowest BCUT2D eigenvalue weighted by Gasteiger charge is -2.19. The molecule has 1 fully saturated rings. The minimum atomic E-state index is -0.363. The van der Waals surface area contributed by atoms with Crippen molar-refractivity contribution in [2.24, 2.45) is 5.92 Å². The maximum Gasteiger partial charge on any atom is 0.229 e. The molecule has 0 saturated carbocycles. The molecular formula is C23H24N4O2. The molecule has 0 spiro atoms. The zero-order chi connectivity index (χ0) is 20.5. The van der Waals surface area contributed by atoms with E-state index < -0.39 is 0 Å². The number of aryl methyl sites for hydroxylation is 3. The summed E-state index contributed by atoms with van der Waals surface area (Å²) in [5.74, 6) is -0.509. The van der Waals surface area contributed by atoms with Crippen molar-refractivity contribution >= 4 is 23.2 Å². The maximum absolute atomic E-state index is 12.7. The second-order valence-corrected chi connectivity index (χ2v) is 7.57. The Morgan fingerprint density at radius 3 is 2.45 bits per heavy atom. The van der Waals surface area contributed by atoms with E-state index in [1.54, 1.807) is 4.90 Å². The quantitative estimate of drug-likeness (QED) is 0.739. The molecule has 3 aromatic rings. The average molecular weight is 388 g/mol. The van der Waals surface area contributed by atoms with Crippen LogP contribution in [-0.2, 0) is 9.59 Å². The molecule has 1 saturated heterocycles. The lowest BCUT2D eigenvalue weighted by atomic mass is 10.1. The molecule has 148 valence electrons. The molecule has 0 aliphatic carbocycles. The van der Waals surface area contributed by atoms with Crippen LogP contribution < -0.4 is 10.2 Å². The van der Waals surface area contributed by atoms with Crippen molar-refractivity contribution in [3.05, 3.63) is 71.5 Å². The molecule has 1 atom stereocenters. The van der Waals surface area contributed by atoms with Gasteiger partial charge in [-0.2, -0.15) is 5.10 Å². The van der Waals surface area contributed by atoms with Crippen LogP contribution in [0.2, 0.25) is 0 Å². The average Bonchev–Trinajstić information content (AvgIpc) is 3.24. The highest BCUT2D eigenvalue weighted by Gasteiger charge is 2.35. The van der Waals surface area contributed by atoms with Gasteiger partial charge in [-0.1, -0.05) is 18.2 Å². The number of aromatic nitrogens is 2. The minimum Gasteiger partial charge on any atom is -0.326 e. The Bertz CT molecular complexity index is 1070. The maximum atomic E-state index is 12.7. The van der Waals surface area contributed by atoms with E-state index >= 15 is 0 Å². The molecule has 4 rings (SSSR count). The Morgan fingerprint density at radius 2 is 1.79 bits per heavy atom. The van der Waals surface area contributed by atoms with Gasteiger partial charge in [0.15, 0.2) is 0 Å². The van der Waals surface area contributed by atoms with Gasteiger partial charge in [0.25, 0.3) is 0 Å². The number of anilines is 2. The second kappa shape index (κ2) is 7.54. The van der Waals surface area contributed by atoms with Crippen molar-refractivity contribution in [2.75, 3.05) is 16.8 Å². The number of carbonyl (C=O) groups is 2. The van der Waals surface area contributed by atoms with E-state index in [4.69, 9.17) is 0 Å². The van der Waals surface area contributed by atoms with Crippen LogP contribution in [0.3, 0.4) is 0 Å². The molecule has 0 bridgehead atoms. The highest BCUT2D eigenvalue weighted by Crippen LogP contribution is 2.28. The van der Waals surface area contributed by atoms with Gasteiger partial charge in [-0.3, -0.25) is 9.59 Å². The number of amides is 2. The van der Waals surface area contributed by atoms with Gasteiger partial charge in [-0.15, -0.1) is 0 Å². The number of hydrogen-bond donors (Lipinski definition) is 1. The van der Waals surface area contributed by atoms with Crippen LogP contribution in [0.15, 0.2) is 54.6 Å². The molecule has 1 aliphatic rings. The van der Waals surface area contributed by atoms with Gasteiger partial charge >= 0.3 is 0 Å². The largest absolute Gasteiger partial charge is 0.326 e. The van der Waals surface area contributed by atoms with Gasteiger partial charge in [-0.05, 0) is 62.7 Å². The molecule has 2 heterocycles. The summed E-state index contributed by atoms with van der Waals surface area (Å²) in [7, 11) is 0. The fourth-order valence-electron chi connectivity index (χ4n) is 3.80. The first-order valence-electron chi connectivity index (χ1n) is 9.73. The Kier molecular flexibility index (Phi) is 4.92. The van der Waals surface area contributed by atoms with Gasteiger partial charge < -0.3 is 10.2 Å². The van der Waals surface area contributed by atoms with E-state index in [0.717, 1.165) is 28.3 Å². The van der Waals surface area contributed by atoms with E-state index in [-0.39, 0.29) is 24.2 Å². The van der Waals surface area contributed by atoms with Crippen LogP contribution in [0.4, 0.5) is 11.4 Å². The molecular weight excluding hydrogens is 364 g/mol. The molecule has 1 N–H and O–H groups in total. The lowest BCUT2D eigenvalue weighted by Crippen LogP contribution is -2.28. The number of nitrogens with zero attached hydrogens (tertiary/aromatic N) is 3. The summed E-state index contributed by atoms with van der Waals surface area (Å²) in [5, 5.41) is 7.41. The van der Waals surface area contributed by atoms with Crippen molar-refractivity contribution < 1.29 is 9.59 Å². The topological polar surface area (TPSA) is 67.2 Å². The summed E-state index contributed by atoms with van der Waals surface area (Å²) in [6.07, 6.45) is 0.226. The second-order valence-electron chi connectivity index (χ2n) is 7.57. The number of para-hydroxylation sites is 1. The predicted octanol–water partition coefficient (Wildman–Crippen LogP) is 3.79. The molecule has 6 heteroatoms. The summed E-state index contributed by atoms with van der Waals surface area (Å²) in [6, 6.07) is 17.3. The number of carbonyl (C=O) groups excluding carboxylic acids is 2. The summed E-state index contributed by atoms with van der Waals surface area (Å²) in [4.78, 5) is 26.9. The van der Waals surface area contributed by atoms with Crippen LogP contribution in [0.1, 0.15) is 23.4 Å². The van der Waals surface area contributed by atoms with E-state index in [9.17, 15) is 9.59 Å². The van der Waals surface area contributed by atoms with Crippen LogP contribution in [0, 0.1) is 26.7 Å². The molecule has 0 unspecified atom stereocenters. The fourth-order valence-corrected chi connectivity index (χ4v) is 3.80. The number of hydrogen-bond acceptors (Lipinski definition) is 3. The highest BCUT2D eigenvalue weighted by atomic mass is 16.2. The van der Waals surface area contributed by atoms with Crippen molar-refractivity contribution in [3.8, 4) is 5.69 Å². The Hall–Kier alpha value is -3.41. The van der Waals surface area contributed by atoms with Crippen molar-refractivity contribution in [1.29, 1.82) is 0 Å². The van der Waals surface area contributed by atoms with E-state index in [1.165, 1.54) is 0 Å². The molecule has 29 heavy (non-hydrogen) atoms. The third-order valence-corrected chi connectivity index (χ3v) is 5.29. The zero-order valence-electron chi connectivity index (χ0n) is 16.8. The number of nitrogens with one attached hydrogen (secondary N) is 1. The lowest BCUT2D eigenvalue weighted by molar-refractivity contribution is -0.122. The minimum absolute atomic E-state index is 0.0145. The van der Waals surface area contributed by atoms with E-state index in [1.807, 2.05) is 80.1 Å². The Balaban J connectivity index is 1.44. The predicted molar refractivity (Wildman–Crippen MR) is 113 cm³/mol. The SMILES string of the molecule is Cc1cc(C)n(-c2ccc(NC(=O)[C@@H]3CC(=O)N(c4ccccc4C)C3)cc2)n1. The van der Waals surface area contributed by atoms with Gasteiger partial charge in [0.2, 0.25) is 11.8 Å². The normalized spacial score (nSPS) is 16.3. The van der Waals surface area contributed by atoms with Crippen LogP contribution in [-0.4, -0.2) is 28.1 Å². The van der Waals surface area contributed by atoms with Crippen LogP contribution >= 0.6 is 0 Å². The molecule has 0 radical (unpaired) electrons. The van der Waals surface area contributed by atoms with Crippen molar-refractivity contribution in [3.63, 3.8) is 0 Å². The van der Waals surface area contributed by atoms with Crippen molar-refractivity contribution in [2.45, 2.75) is 27.2 Å². The first kappa shape index (κ1) is 18.9. The smallest absolute Gasteiger partial charge is 0.229 e. The first-order valence-corrected chi connectivity index (χ1v) is 9.73.